The first kappa shape index (κ1) is 24.1. The number of aryl methyl sites for hydroxylation is 1. The smallest absolute Gasteiger partial charge is 0.329 e. The van der Waals surface area contributed by atoms with E-state index in [4.69, 9.17) is 26.4 Å². The molecule has 2 aromatic carbocycles. The Hall–Kier alpha value is -2.52. The average Bonchev–Trinajstić information content (AvgIpc) is 3.14. The summed E-state index contributed by atoms with van der Waals surface area (Å²) in [7, 11) is 0. The fourth-order valence-electron chi connectivity index (χ4n) is 3.12. The van der Waals surface area contributed by atoms with E-state index in [-0.39, 0.29) is 12.4 Å². The number of carbonyl (C=O) groups is 1. The van der Waals surface area contributed by atoms with Gasteiger partial charge in [-0.05, 0) is 73.5 Å². The third-order valence-corrected chi connectivity index (χ3v) is 5.80. The van der Waals surface area contributed by atoms with E-state index in [2.05, 4.69) is 9.88 Å². The maximum absolute atomic E-state index is 13.4. The molecule has 0 unspecified atom stereocenters. The maximum atomic E-state index is 13.4. The van der Waals surface area contributed by atoms with Gasteiger partial charge in [-0.1, -0.05) is 11.6 Å². The van der Waals surface area contributed by atoms with Crippen LogP contribution in [-0.2, 0) is 16.1 Å². The minimum Gasteiger partial charge on any atom is -0.480 e. The van der Waals surface area contributed by atoms with E-state index in [1.807, 2.05) is 30.5 Å². The predicted molar refractivity (Wildman–Crippen MR) is 125 cm³/mol. The zero-order valence-corrected chi connectivity index (χ0v) is 19.3. The first-order valence-corrected chi connectivity index (χ1v) is 11.4. The number of rotatable bonds is 11. The van der Waals surface area contributed by atoms with Gasteiger partial charge in [-0.15, -0.1) is 11.3 Å². The number of aromatic nitrogens is 1. The van der Waals surface area contributed by atoms with Gasteiger partial charge < -0.3 is 19.7 Å². The number of ether oxygens (including phenoxy) is 1. The number of nitrogens with one attached hydrogen (secondary N) is 1. The number of thiazole rings is 1. The molecule has 9 heteroatoms. The molecular weight excluding hydrogens is 453 g/mol. The standard InChI is InChI=1S/C23H25ClFN3O3S/c1-16-13-18(24)5-8-20(16)27-23-28(11-2-9-26-10-12-31-14-22(29)30)21(15-32-23)17-3-6-19(25)7-4-17/h3-8,13,15,26H,2,9-12,14H2,1H3,(H,29,30). The summed E-state index contributed by atoms with van der Waals surface area (Å²) in [5, 5.41) is 14.5. The van der Waals surface area contributed by atoms with E-state index in [1.54, 1.807) is 12.1 Å². The van der Waals surface area contributed by atoms with Crippen LogP contribution in [0.4, 0.5) is 10.1 Å². The van der Waals surface area contributed by atoms with Gasteiger partial charge >= 0.3 is 5.97 Å². The molecule has 0 saturated heterocycles. The molecule has 0 amide bonds. The molecule has 0 radical (unpaired) electrons. The van der Waals surface area contributed by atoms with Gasteiger partial charge in [0, 0.05) is 23.5 Å². The van der Waals surface area contributed by atoms with Crippen LogP contribution in [0, 0.1) is 12.7 Å². The third kappa shape index (κ3) is 7.00. The Morgan fingerprint density at radius 2 is 2.03 bits per heavy atom. The molecule has 1 aromatic heterocycles. The molecule has 0 aliphatic heterocycles. The van der Waals surface area contributed by atoms with E-state index >= 15 is 0 Å². The first-order chi connectivity index (χ1) is 15.4. The largest absolute Gasteiger partial charge is 0.480 e. The third-order valence-electron chi connectivity index (χ3n) is 4.70. The molecule has 3 aromatic rings. The van der Waals surface area contributed by atoms with Crippen molar-refractivity contribution in [2.45, 2.75) is 19.9 Å². The molecule has 0 aliphatic carbocycles. The van der Waals surface area contributed by atoms with Crippen molar-refractivity contribution in [3.8, 4) is 11.3 Å². The number of carboxylic acids is 1. The molecule has 170 valence electrons. The van der Waals surface area contributed by atoms with E-state index in [0.29, 0.717) is 24.7 Å². The van der Waals surface area contributed by atoms with Crippen LogP contribution in [-0.4, -0.2) is 41.9 Å². The van der Waals surface area contributed by atoms with Gasteiger partial charge in [0.25, 0.3) is 0 Å². The van der Waals surface area contributed by atoms with Crippen molar-refractivity contribution in [2.75, 3.05) is 26.3 Å². The highest BCUT2D eigenvalue weighted by Gasteiger charge is 2.09. The lowest BCUT2D eigenvalue weighted by Gasteiger charge is -2.10. The molecule has 1 heterocycles. The second-order valence-electron chi connectivity index (χ2n) is 7.15. The van der Waals surface area contributed by atoms with Gasteiger partial charge in [0.2, 0.25) is 0 Å². The minimum atomic E-state index is -0.973. The predicted octanol–water partition coefficient (Wildman–Crippen LogP) is 4.63. The second-order valence-corrected chi connectivity index (χ2v) is 8.43. The summed E-state index contributed by atoms with van der Waals surface area (Å²) < 4.78 is 20.6. The van der Waals surface area contributed by atoms with E-state index < -0.39 is 5.97 Å². The van der Waals surface area contributed by atoms with Crippen molar-refractivity contribution in [1.29, 1.82) is 0 Å². The molecule has 0 spiro atoms. The van der Waals surface area contributed by atoms with Gasteiger partial charge in [-0.25, -0.2) is 14.2 Å². The fourth-order valence-corrected chi connectivity index (χ4v) is 4.30. The highest BCUT2D eigenvalue weighted by molar-refractivity contribution is 7.07. The molecule has 0 saturated carbocycles. The molecular formula is C23H25ClFN3O3S. The summed E-state index contributed by atoms with van der Waals surface area (Å²) in [6.07, 6.45) is 0.830. The molecule has 0 atom stereocenters. The zero-order chi connectivity index (χ0) is 22.9. The topological polar surface area (TPSA) is 75.8 Å². The summed E-state index contributed by atoms with van der Waals surface area (Å²) in [6, 6.07) is 12.1. The highest BCUT2D eigenvalue weighted by Crippen LogP contribution is 2.24. The number of aliphatic carboxylic acids is 1. The van der Waals surface area contributed by atoms with Crippen molar-refractivity contribution in [1.82, 2.24) is 9.88 Å². The van der Waals surface area contributed by atoms with Gasteiger partial charge in [-0.3, -0.25) is 0 Å². The summed E-state index contributed by atoms with van der Waals surface area (Å²) in [5.41, 5.74) is 3.74. The molecule has 32 heavy (non-hydrogen) atoms. The summed E-state index contributed by atoms with van der Waals surface area (Å²) >= 11 is 7.61. The van der Waals surface area contributed by atoms with Crippen LogP contribution in [0.25, 0.3) is 11.3 Å². The SMILES string of the molecule is Cc1cc(Cl)ccc1N=c1scc(-c2ccc(F)cc2)n1CCCNCCOCC(=O)O. The molecule has 2 N–H and O–H groups in total. The molecule has 0 bridgehead atoms. The number of hydrogen-bond acceptors (Lipinski definition) is 5. The molecule has 0 fully saturated rings. The van der Waals surface area contributed by atoms with Gasteiger partial charge in [0.1, 0.15) is 12.4 Å². The number of carboxylic acid groups (broad SMARTS) is 1. The van der Waals surface area contributed by atoms with E-state index in [9.17, 15) is 9.18 Å². The average molecular weight is 478 g/mol. The lowest BCUT2D eigenvalue weighted by Crippen LogP contribution is -2.24. The van der Waals surface area contributed by atoms with Gasteiger partial charge in [-0.2, -0.15) is 0 Å². The quantitative estimate of drug-likeness (QED) is 0.395. The van der Waals surface area contributed by atoms with Gasteiger partial charge in [0.15, 0.2) is 4.80 Å². The van der Waals surface area contributed by atoms with Crippen molar-refractivity contribution in [2.24, 2.45) is 4.99 Å². The Bertz CT molecular complexity index is 1110. The second kappa shape index (κ2) is 11.9. The Labute approximate surface area is 195 Å². The van der Waals surface area contributed by atoms with Crippen molar-refractivity contribution in [3.63, 3.8) is 0 Å². The lowest BCUT2D eigenvalue weighted by atomic mass is 10.1. The Kier molecular flexibility index (Phi) is 8.99. The maximum Gasteiger partial charge on any atom is 0.329 e. The lowest BCUT2D eigenvalue weighted by molar-refractivity contribution is -0.142. The molecule has 6 nitrogen and oxygen atoms in total. The van der Waals surface area contributed by atoms with Crippen molar-refractivity contribution in [3.05, 3.63) is 69.0 Å². The van der Waals surface area contributed by atoms with E-state index in [1.165, 1.54) is 23.5 Å². The van der Waals surface area contributed by atoms with Crippen molar-refractivity contribution >= 4 is 34.6 Å². The van der Waals surface area contributed by atoms with Gasteiger partial charge in [0.05, 0.1) is 18.0 Å². The Morgan fingerprint density at radius 1 is 1.25 bits per heavy atom. The van der Waals surface area contributed by atoms with Crippen molar-refractivity contribution < 1.29 is 19.0 Å². The van der Waals surface area contributed by atoms with Crippen LogP contribution < -0.4 is 10.1 Å². The van der Waals surface area contributed by atoms with Crippen LogP contribution in [0.5, 0.6) is 0 Å². The Balaban J connectivity index is 1.75. The minimum absolute atomic E-state index is 0.272. The summed E-state index contributed by atoms with van der Waals surface area (Å²) in [6.45, 7) is 4.05. The van der Waals surface area contributed by atoms with E-state index in [0.717, 1.165) is 40.3 Å². The molecule has 3 rings (SSSR count). The highest BCUT2D eigenvalue weighted by atomic mass is 35.5. The fraction of sp³-hybridized carbons (Fsp3) is 0.304. The normalized spacial score (nSPS) is 11.8. The number of nitrogens with zero attached hydrogens (tertiary/aromatic N) is 2. The van der Waals surface area contributed by atoms with Crippen LogP contribution in [0.3, 0.4) is 0 Å². The Morgan fingerprint density at radius 3 is 2.75 bits per heavy atom. The molecule has 0 aliphatic rings. The summed E-state index contributed by atoms with van der Waals surface area (Å²) in [4.78, 5) is 16.2. The number of benzene rings is 2. The zero-order valence-electron chi connectivity index (χ0n) is 17.7. The summed E-state index contributed by atoms with van der Waals surface area (Å²) in [5.74, 6) is -1.24. The van der Waals surface area contributed by atoms with Crippen LogP contribution in [0.15, 0.2) is 52.8 Å². The van der Waals surface area contributed by atoms with Crippen LogP contribution in [0.1, 0.15) is 12.0 Å². The number of hydrogen-bond donors (Lipinski definition) is 2. The monoisotopic (exact) mass is 477 g/mol. The van der Waals surface area contributed by atoms with Crippen LogP contribution in [0.2, 0.25) is 5.02 Å². The first-order valence-electron chi connectivity index (χ1n) is 10.2. The van der Waals surface area contributed by atoms with Crippen LogP contribution >= 0.6 is 22.9 Å². The number of halogens is 2.